The van der Waals surface area contributed by atoms with Gasteiger partial charge in [0.15, 0.2) is 0 Å². The number of hydrogen-bond donors (Lipinski definition) is 0. The van der Waals surface area contributed by atoms with Crippen LogP contribution in [-0.4, -0.2) is 24.9 Å². The molecule has 0 radical (unpaired) electrons. The normalized spacial score (nSPS) is 30.8. The molecule has 0 aliphatic heterocycles. The van der Waals surface area contributed by atoms with Gasteiger partial charge in [-0.2, -0.15) is 0 Å². The zero-order valence-electron chi connectivity index (χ0n) is 27.8. The molecule has 3 fully saturated rings. The maximum Gasteiger partial charge on any atom is 0.0270 e. The fourth-order valence-electron chi connectivity index (χ4n) is 10.2. The van der Waals surface area contributed by atoms with Crippen LogP contribution in [0, 0.1) is 23.7 Å². The quantitative estimate of drug-likeness (QED) is 0.178. The summed E-state index contributed by atoms with van der Waals surface area (Å²) in [6.07, 6.45) is 31.3. The van der Waals surface area contributed by atoms with Crippen LogP contribution in [0.3, 0.4) is 0 Å². The highest BCUT2D eigenvalue weighted by molar-refractivity contribution is 5.26. The number of rotatable bonds is 7. The van der Waals surface area contributed by atoms with Crippen LogP contribution in [0.1, 0.15) is 115 Å². The van der Waals surface area contributed by atoms with Crippen molar-refractivity contribution < 1.29 is 0 Å². The van der Waals surface area contributed by atoms with Crippen molar-refractivity contribution in [2.24, 2.45) is 23.7 Å². The Bertz CT molecular complexity index is 1500. The predicted molar refractivity (Wildman–Crippen MR) is 190 cm³/mol. The molecule has 5 aromatic rings. The molecule has 6 unspecified atom stereocenters. The lowest BCUT2D eigenvalue weighted by Crippen LogP contribution is -2.36. The van der Waals surface area contributed by atoms with Gasteiger partial charge in [-0.3, -0.25) is 24.9 Å². The molecule has 0 spiro atoms. The van der Waals surface area contributed by atoms with Gasteiger partial charge in [-0.15, -0.1) is 0 Å². The third kappa shape index (κ3) is 6.97. The van der Waals surface area contributed by atoms with Crippen molar-refractivity contribution in [2.45, 2.75) is 87.4 Å². The first-order chi connectivity index (χ1) is 23.8. The molecule has 0 N–H and O–H groups in total. The highest BCUT2D eigenvalue weighted by atomic mass is 14.6. The minimum Gasteiger partial charge on any atom is -0.265 e. The van der Waals surface area contributed by atoms with Crippen molar-refractivity contribution in [2.75, 3.05) is 0 Å². The van der Waals surface area contributed by atoms with E-state index in [9.17, 15) is 0 Å². The van der Waals surface area contributed by atoms with E-state index in [0.717, 1.165) is 0 Å². The van der Waals surface area contributed by atoms with Gasteiger partial charge in [0.05, 0.1) is 0 Å². The van der Waals surface area contributed by atoms with Crippen LogP contribution >= 0.6 is 0 Å². The molecule has 244 valence electrons. The molecule has 3 aliphatic carbocycles. The van der Waals surface area contributed by atoms with Crippen LogP contribution in [0.4, 0.5) is 0 Å². The minimum atomic E-state index is 0.562. The molecule has 0 saturated heterocycles. The Morgan fingerprint density at radius 1 is 0.250 bits per heavy atom. The van der Waals surface area contributed by atoms with Crippen LogP contribution < -0.4 is 0 Å². The average Bonchev–Trinajstić information content (AvgIpc) is 3.19. The molecule has 0 amide bonds. The Morgan fingerprint density at radius 2 is 0.438 bits per heavy atom. The summed E-state index contributed by atoms with van der Waals surface area (Å²) in [5.41, 5.74) is 7.32. The summed E-state index contributed by atoms with van der Waals surface area (Å²) < 4.78 is 0. The summed E-state index contributed by atoms with van der Waals surface area (Å²) in [6, 6.07) is 22.7. The standard InChI is InChI=1S/C43H47N5/c1-11-44-12-2-30(1)35-21-36(31-3-13-45-14-4-31)24-40(23-35)42-27-39(34-9-19-48-20-10-34)28-43(29-42)41-25-37(32-5-15-46-16-6-32)22-38(26-41)33-7-17-47-18-8-33/h1-20,35-43H,21-29H2. The van der Waals surface area contributed by atoms with Crippen LogP contribution in [0.2, 0.25) is 0 Å². The number of nitrogens with zero attached hydrogens (tertiary/aromatic N) is 5. The van der Waals surface area contributed by atoms with E-state index in [1.54, 1.807) is 0 Å². The first kappa shape index (κ1) is 31.0. The van der Waals surface area contributed by atoms with E-state index in [-0.39, 0.29) is 0 Å². The summed E-state index contributed by atoms with van der Waals surface area (Å²) in [5.74, 6) is 5.62. The van der Waals surface area contributed by atoms with Crippen molar-refractivity contribution in [1.82, 2.24) is 24.9 Å². The zero-order valence-corrected chi connectivity index (χ0v) is 27.8. The Labute approximate surface area is 285 Å². The van der Waals surface area contributed by atoms with Gasteiger partial charge >= 0.3 is 0 Å². The van der Waals surface area contributed by atoms with Gasteiger partial charge in [-0.1, -0.05) is 0 Å². The Kier molecular flexibility index (Phi) is 9.36. The van der Waals surface area contributed by atoms with Gasteiger partial charge in [0.2, 0.25) is 0 Å². The van der Waals surface area contributed by atoms with Crippen LogP contribution in [-0.2, 0) is 0 Å². The Morgan fingerprint density at radius 3 is 0.667 bits per heavy atom. The SMILES string of the molecule is c1cc(C2CC(c3ccncc3)CC(C3CC(c4ccncc4)CC(C4CC(c5ccncc5)CC(c5ccncc5)C4)C3)C2)ccn1. The highest BCUT2D eigenvalue weighted by Crippen LogP contribution is 2.56. The lowest BCUT2D eigenvalue weighted by Gasteiger charge is -2.48. The zero-order chi connectivity index (χ0) is 32.1. The third-order valence-electron chi connectivity index (χ3n) is 12.5. The van der Waals surface area contributed by atoms with E-state index in [1.165, 1.54) is 85.6 Å². The van der Waals surface area contributed by atoms with E-state index >= 15 is 0 Å². The molecule has 3 aliphatic rings. The first-order valence-electron chi connectivity index (χ1n) is 18.3. The van der Waals surface area contributed by atoms with Gasteiger partial charge in [-0.25, -0.2) is 0 Å². The van der Waals surface area contributed by atoms with Crippen molar-refractivity contribution in [3.63, 3.8) is 0 Å². The van der Waals surface area contributed by atoms with Gasteiger partial charge in [0, 0.05) is 62.0 Å². The van der Waals surface area contributed by atoms with Gasteiger partial charge in [0.1, 0.15) is 0 Å². The van der Waals surface area contributed by atoms with E-state index in [1.807, 2.05) is 62.0 Å². The maximum absolute atomic E-state index is 4.41. The molecular weight excluding hydrogens is 587 g/mol. The lowest BCUT2D eigenvalue weighted by molar-refractivity contribution is 0.0813. The number of aromatic nitrogens is 5. The summed E-state index contributed by atoms with van der Waals surface area (Å²) in [5, 5.41) is 0. The van der Waals surface area contributed by atoms with E-state index in [4.69, 9.17) is 0 Å². The van der Waals surface area contributed by atoms with E-state index in [0.29, 0.717) is 53.3 Å². The summed E-state index contributed by atoms with van der Waals surface area (Å²) >= 11 is 0. The van der Waals surface area contributed by atoms with Gasteiger partial charge in [0.25, 0.3) is 0 Å². The van der Waals surface area contributed by atoms with Crippen molar-refractivity contribution in [1.29, 1.82) is 0 Å². The fourth-order valence-corrected chi connectivity index (χ4v) is 10.2. The van der Waals surface area contributed by atoms with E-state index in [2.05, 4.69) is 85.6 Å². The second-order valence-corrected chi connectivity index (χ2v) is 15.0. The fraction of sp³-hybridized carbons (Fsp3) is 0.419. The first-order valence-corrected chi connectivity index (χ1v) is 18.3. The third-order valence-corrected chi connectivity index (χ3v) is 12.5. The molecule has 5 aromatic heterocycles. The van der Waals surface area contributed by atoms with Crippen molar-refractivity contribution in [3.8, 4) is 0 Å². The summed E-state index contributed by atoms with van der Waals surface area (Å²) in [6.45, 7) is 0. The molecule has 0 aromatic carbocycles. The number of hydrogen-bond acceptors (Lipinski definition) is 5. The van der Waals surface area contributed by atoms with Gasteiger partial charge < -0.3 is 0 Å². The van der Waals surface area contributed by atoms with Crippen molar-refractivity contribution >= 4 is 0 Å². The smallest absolute Gasteiger partial charge is 0.0270 e. The van der Waals surface area contributed by atoms with Crippen LogP contribution in [0.15, 0.2) is 123 Å². The molecule has 5 nitrogen and oxygen atoms in total. The largest absolute Gasteiger partial charge is 0.265 e. The van der Waals surface area contributed by atoms with Crippen molar-refractivity contribution in [3.05, 3.63) is 150 Å². The van der Waals surface area contributed by atoms with Gasteiger partial charge in [-0.05, 0) is 200 Å². The molecule has 5 heteroatoms. The topological polar surface area (TPSA) is 64.5 Å². The second-order valence-electron chi connectivity index (χ2n) is 15.0. The molecule has 0 bridgehead atoms. The highest BCUT2D eigenvalue weighted by Gasteiger charge is 2.43. The minimum absolute atomic E-state index is 0.562. The summed E-state index contributed by atoms with van der Waals surface area (Å²) in [7, 11) is 0. The Hall–Kier alpha value is -4.25. The molecule has 5 heterocycles. The molecule has 48 heavy (non-hydrogen) atoms. The molecule has 3 saturated carbocycles. The lowest BCUT2D eigenvalue weighted by atomic mass is 9.57. The molecule has 6 atom stereocenters. The average molecular weight is 634 g/mol. The molecule has 8 rings (SSSR count). The monoisotopic (exact) mass is 633 g/mol. The molecular formula is C43H47N5. The van der Waals surface area contributed by atoms with Crippen LogP contribution in [0.5, 0.6) is 0 Å². The van der Waals surface area contributed by atoms with E-state index < -0.39 is 0 Å². The van der Waals surface area contributed by atoms with Crippen LogP contribution in [0.25, 0.3) is 0 Å². The summed E-state index contributed by atoms with van der Waals surface area (Å²) in [4.78, 5) is 21.9. The number of pyridine rings is 5. The second kappa shape index (κ2) is 14.5. The maximum atomic E-state index is 4.41. The Balaban J connectivity index is 1.12. The predicted octanol–water partition coefficient (Wildman–Crippen LogP) is 9.90.